The van der Waals surface area contributed by atoms with Crippen molar-refractivity contribution in [3.05, 3.63) is 30.3 Å². The molecule has 1 aromatic rings. The number of fused-ring (bicyclic) bond motifs is 2. The second kappa shape index (κ2) is 10.1. The largest absolute Gasteiger partial charge is 0.309 e. The minimum Gasteiger partial charge on any atom is -0.309 e. The highest BCUT2D eigenvalue weighted by molar-refractivity contribution is 6.05. The maximum Gasteiger partial charge on any atom is 0.234 e. The molecule has 0 spiro atoms. The van der Waals surface area contributed by atoms with Crippen molar-refractivity contribution in [3.8, 4) is 0 Å². The van der Waals surface area contributed by atoms with Gasteiger partial charge in [0.1, 0.15) is 5.78 Å². The van der Waals surface area contributed by atoms with Gasteiger partial charge in [-0.2, -0.15) is 0 Å². The van der Waals surface area contributed by atoms with Crippen LogP contribution in [0.3, 0.4) is 0 Å². The van der Waals surface area contributed by atoms with E-state index in [1.807, 2.05) is 35.2 Å². The molecule has 0 aromatic heterocycles. The molecule has 3 fully saturated rings. The molecule has 2 unspecified atom stereocenters. The average Bonchev–Trinajstić information content (AvgIpc) is 2.68. The first-order valence-electron chi connectivity index (χ1n) is 12.3. The summed E-state index contributed by atoms with van der Waals surface area (Å²) in [5, 5.41) is 0. The first-order valence-corrected chi connectivity index (χ1v) is 12.3. The van der Waals surface area contributed by atoms with Gasteiger partial charge < -0.3 is 4.90 Å². The van der Waals surface area contributed by atoms with E-state index in [0.717, 1.165) is 24.6 Å². The number of carbonyl (C=O) groups is 2. The summed E-state index contributed by atoms with van der Waals surface area (Å²) >= 11 is 0. The number of para-hydroxylation sites is 1. The normalized spacial score (nSPS) is 28.4. The number of piperidine rings is 2. The van der Waals surface area contributed by atoms with E-state index in [9.17, 15) is 9.59 Å². The van der Waals surface area contributed by atoms with Crippen molar-refractivity contribution < 1.29 is 9.59 Å². The van der Waals surface area contributed by atoms with Gasteiger partial charge in [0.2, 0.25) is 5.91 Å². The molecule has 1 saturated carbocycles. The molecule has 1 aliphatic carbocycles. The highest BCUT2D eigenvalue weighted by Crippen LogP contribution is 2.41. The van der Waals surface area contributed by atoms with E-state index in [4.69, 9.17) is 0 Å². The summed E-state index contributed by atoms with van der Waals surface area (Å²) in [6, 6.07) is 12.1. The van der Waals surface area contributed by atoms with Gasteiger partial charge in [-0.25, -0.2) is 0 Å². The Morgan fingerprint density at radius 3 is 2.00 bits per heavy atom. The Morgan fingerprint density at radius 2 is 1.40 bits per heavy atom. The maximum atomic E-state index is 13.1. The van der Waals surface area contributed by atoms with Gasteiger partial charge in [0.05, 0.1) is 6.42 Å². The van der Waals surface area contributed by atoms with Crippen LogP contribution in [0.2, 0.25) is 0 Å². The van der Waals surface area contributed by atoms with Crippen molar-refractivity contribution in [1.82, 2.24) is 4.90 Å². The number of hydrogen-bond donors (Lipinski definition) is 0. The van der Waals surface area contributed by atoms with Crippen LogP contribution in [0, 0.1) is 0 Å². The molecule has 2 atom stereocenters. The number of hydrogen-bond acceptors (Lipinski definition) is 3. The zero-order chi connectivity index (χ0) is 20.9. The van der Waals surface area contributed by atoms with Gasteiger partial charge >= 0.3 is 0 Å². The Bertz CT molecular complexity index is 697. The number of rotatable bonds is 5. The van der Waals surface area contributed by atoms with Crippen molar-refractivity contribution >= 4 is 17.4 Å². The van der Waals surface area contributed by atoms with Crippen molar-refractivity contribution in [2.24, 2.45) is 0 Å². The SMILES string of the molecule is CC(=O)CC(=O)N(c1ccccc1)C1CC2CCCC(C1)N2C1CCCCCCC1. The van der Waals surface area contributed by atoms with E-state index in [1.165, 1.54) is 71.1 Å². The van der Waals surface area contributed by atoms with E-state index in [0.29, 0.717) is 12.1 Å². The summed E-state index contributed by atoms with van der Waals surface area (Å²) in [7, 11) is 0. The van der Waals surface area contributed by atoms with Gasteiger partial charge in [0, 0.05) is 29.9 Å². The van der Waals surface area contributed by atoms with E-state index >= 15 is 0 Å². The summed E-state index contributed by atoms with van der Waals surface area (Å²) < 4.78 is 0. The lowest BCUT2D eigenvalue weighted by atomic mass is 9.78. The lowest BCUT2D eigenvalue weighted by Crippen LogP contribution is -2.61. The Hall–Kier alpha value is -1.68. The summed E-state index contributed by atoms with van der Waals surface area (Å²) in [6.45, 7) is 1.52. The zero-order valence-corrected chi connectivity index (χ0v) is 18.6. The fourth-order valence-corrected chi connectivity index (χ4v) is 6.37. The van der Waals surface area contributed by atoms with Crippen LogP contribution in [0.25, 0.3) is 0 Å². The average molecular weight is 411 g/mol. The molecule has 4 nitrogen and oxygen atoms in total. The maximum absolute atomic E-state index is 13.1. The zero-order valence-electron chi connectivity index (χ0n) is 18.6. The summed E-state index contributed by atoms with van der Waals surface area (Å²) in [5.74, 6) is -0.0794. The number of nitrogens with zero attached hydrogens (tertiary/aromatic N) is 2. The lowest BCUT2D eigenvalue weighted by molar-refractivity contribution is -0.126. The standard InChI is InChI=1S/C26H38N2O2/c1-20(29)17-26(30)28(22-13-8-5-9-14-22)25-18-23-15-10-16-24(19-25)27(23)21-11-6-3-2-4-7-12-21/h5,8-9,13-14,21,23-25H,2-4,6-7,10-12,15-19H2,1H3. The van der Waals surface area contributed by atoms with Gasteiger partial charge in [0.25, 0.3) is 0 Å². The molecule has 2 heterocycles. The minimum absolute atomic E-state index is 0.00701. The van der Waals surface area contributed by atoms with Crippen LogP contribution < -0.4 is 4.90 Å². The number of amides is 1. The number of anilines is 1. The Kier molecular flexibility index (Phi) is 7.24. The number of Topliss-reactive ketones (excluding diaryl/α,β-unsaturated/α-hetero) is 1. The van der Waals surface area contributed by atoms with E-state index in [1.54, 1.807) is 0 Å². The predicted octanol–water partition coefficient (Wildman–Crippen LogP) is 5.50. The smallest absolute Gasteiger partial charge is 0.234 e. The van der Waals surface area contributed by atoms with E-state index in [2.05, 4.69) is 4.90 Å². The van der Waals surface area contributed by atoms with Crippen molar-refractivity contribution in [2.75, 3.05) is 4.90 Å². The van der Waals surface area contributed by atoms with Gasteiger partial charge in [-0.15, -0.1) is 0 Å². The van der Waals surface area contributed by atoms with Crippen molar-refractivity contribution in [3.63, 3.8) is 0 Å². The summed E-state index contributed by atoms with van der Waals surface area (Å²) in [5.41, 5.74) is 0.950. The molecular formula is C26H38N2O2. The molecule has 1 aromatic carbocycles. The topological polar surface area (TPSA) is 40.6 Å². The molecule has 4 heteroatoms. The minimum atomic E-state index is -0.0481. The first kappa shape index (κ1) is 21.5. The van der Waals surface area contributed by atoms with Crippen LogP contribution in [0.4, 0.5) is 5.69 Å². The second-order valence-corrected chi connectivity index (χ2v) is 9.79. The van der Waals surface area contributed by atoms with Crippen LogP contribution >= 0.6 is 0 Å². The molecule has 4 rings (SSSR count). The third-order valence-corrected chi connectivity index (χ3v) is 7.57. The van der Waals surface area contributed by atoms with E-state index in [-0.39, 0.29) is 24.2 Å². The quantitative estimate of drug-likeness (QED) is 0.602. The Balaban J connectivity index is 1.55. The molecule has 2 bridgehead atoms. The molecule has 2 aliphatic heterocycles. The monoisotopic (exact) mass is 410 g/mol. The highest BCUT2D eigenvalue weighted by Gasteiger charge is 2.44. The molecular weight excluding hydrogens is 372 g/mol. The van der Waals surface area contributed by atoms with Crippen LogP contribution in [0.5, 0.6) is 0 Å². The molecule has 164 valence electrons. The molecule has 3 aliphatic rings. The number of carbonyl (C=O) groups excluding carboxylic acids is 2. The predicted molar refractivity (Wildman–Crippen MR) is 122 cm³/mol. The summed E-state index contributed by atoms with van der Waals surface area (Å²) in [6.07, 6.45) is 15.6. The number of benzene rings is 1. The third-order valence-electron chi connectivity index (χ3n) is 7.57. The fourth-order valence-electron chi connectivity index (χ4n) is 6.37. The fraction of sp³-hybridized carbons (Fsp3) is 0.692. The molecule has 1 amide bonds. The Labute approximate surface area is 182 Å². The number of ketones is 1. The van der Waals surface area contributed by atoms with Crippen LogP contribution in [0.15, 0.2) is 30.3 Å². The van der Waals surface area contributed by atoms with Gasteiger partial charge in [-0.1, -0.05) is 56.7 Å². The van der Waals surface area contributed by atoms with Crippen LogP contribution in [-0.4, -0.2) is 40.8 Å². The second-order valence-electron chi connectivity index (χ2n) is 9.79. The van der Waals surface area contributed by atoms with Crippen molar-refractivity contribution in [2.45, 2.75) is 115 Å². The Morgan fingerprint density at radius 1 is 0.833 bits per heavy atom. The molecule has 0 radical (unpaired) electrons. The molecule has 0 N–H and O–H groups in total. The van der Waals surface area contributed by atoms with Crippen LogP contribution in [0.1, 0.15) is 90.4 Å². The van der Waals surface area contributed by atoms with Gasteiger partial charge in [-0.05, 0) is 57.6 Å². The third kappa shape index (κ3) is 4.96. The first-order chi connectivity index (χ1) is 14.6. The van der Waals surface area contributed by atoms with Crippen molar-refractivity contribution in [1.29, 1.82) is 0 Å². The highest BCUT2D eigenvalue weighted by atomic mass is 16.2. The molecule has 2 saturated heterocycles. The molecule has 30 heavy (non-hydrogen) atoms. The van der Waals surface area contributed by atoms with E-state index < -0.39 is 0 Å². The van der Waals surface area contributed by atoms with Gasteiger partial charge in [0.15, 0.2) is 0 Å². The summed E-state index contributed by atoms with van der Waals surface area (Å²) in [4.78, 5) is 29.7. The van der Waals surface area contributed by atoms with Gasteiger partial charge in [-0.3, -0.25) is 14.5 Å². The lowest BCUT2D eigenvalue weighted by Gasteiger charge is -2.54. The van der Waals surface area contributed by atoms with Crippen LogP contribution in [-0.2, 0) is 9.59 Å².